The van der Waals surface area contributed by atoms with Crippen molar-refractivity contribution in [3.8, 4) is 55.6 Å². The van der Waals surface area contributed by atoms with E-state index in [4.69, 9.17) is 0 Å². The van der Waals surface area contributed by atoms with Gasteiger partial charge in [0.25, 0.3) is 6.71 Å². The third-order valence-corrected chi connectivity index (χ3v) is 18.4. The average molecular weight is 1090 g/mol. The summed E-state index contributed by atoms with van der Waals surface area (Å²) >= 11 is 0. The summed E-state index contributed by atoms with van der Waals surface area (Å²) in [6.07, 6.45) is 0. The van der Waals surface area contributed by atoms with Crippen molar-refractivity contribution in [2.45, 2.75) is 78.6 Å². The molecule has 3 heteroatoms. The van der Waals surface area contributed by atoms with Crippen molar-refractivity contribution in [3.63, 3.8) is 0 Å². The van der Waals surface area contributed by atoms with E-state index in [0.29, 0.717) is 0 Å². The molecule has 0 unspecified atom stereocenters. The summed E-state index contributed by atoms with van der Waals surface area (Å²) in [5, 5.41) is 7.86. The minimum Gasteiger partial charge on any atom is -0.311 e. The second-order valence-electron chi connectivity index (χ2n) is 27.0. The first-order chi connectivity index (χ1) is 41.0. The molecule has 2 aliphatic rings. The van der Waals surface area contributed by atoms with Crippen LogP contribution in [-0.2, 0) is 16.2 Å². The Morgan fingerprint density at radius 3 is 1.24 bits per heavy atom. The highest BCUT2D eigenvalue weighted by Crippen LogP contribution is 2.50. The Morgan fingerprint density at radius 2 is 0.694 bits per heavy atom. The van der Waals surface area contributed by atoms with Gasteiger partial charge < -0.3 is 9.80 Å². The van der Waals surface area contributed by atoms with E-state index >= 15 is 0 Å². The first-order valence-electron chi connectivity index (χ1n) is 30.3. The van der Waals surface area contributed by atoms with Gasteiger partial charge in [0.1, 0.15) is 0 Å². The quantitative estimate of drug-likeness (QED) is 0.116. The first kappa shape index (κ1) is 52.4. The van der Waals surface area contributed by atoms with E-state index in [1.165, 1.54) is 144 Å². The fourth-order valence-corrected chi connectivity index (χ4v) is 13.8. The van der Waals surface area contributed by atoms with Gasteiger partial charge in [-0.25, -0.2) is 0 Å². The molecule has 85 heavy (non-hydrogen) atoms. The van der Waals surface area contributed by atoms with Crippen molar-refractivity contribution < 1.29 is 0 Å². The summed E-state index contributed by atoms with van der Waals surface area (Å²) in [5.41, 5.74) is 26.7. The Morgan fingerprint density at radius 1 is 0.271 bits per heavy atom. The maximum Gasteiger partial charge on any atom is 0.252 e. The molecule has 0 atom stereocenters. The second kappa shape index (κ2) is 19.6. The van der Waals surface area contributed by atoms with Gasteiger partial charge in [0.2, 0.25) is 0 Å². The van der Waals surface area contributed by atoms with Gasteiger partial charge in [0.15, 0.2) is 0 Å². The zero-order valence-corrected chi connectivity index (χ0v) is 50.2. The molecule has 2 aliphatic heterocycles. The zero-order chi connectivity index (χ0) is 58.1. The molecule has 13 aromatic rings. The predicted octanol–water partition coefficient (Wildman–Crippen LogP) is 20.9. The zero-order valence-electron chi connectivity index (χ0n) is 50.2. The smallest absolute Gasteiger partial charge is 0.252 e. The molecule has 0 saturated heterocycles. The van der Waals surface area contributed by atoms with E-state index < -0.39 is 0 Å². The Balaban J connectivity index is 1.04. The molecule has 2 heterocycles. The van der Waals surface area contributed by atoms with Crippen molar-refractivity contribution in [1.29, 1.82) is 0 Å². The van der Waals surface area contributed by atoms with E-state index in [1.807, 2.05) is 0 Å². The van der Waals surface area contributed by atoms with Crippen LogP contribution >= 0.6 is 0 Å². The molecule has 0 amide bonds. The molecule has 0 bridgehead atoms. The third kappa shape index (κ3) is 8.94. The maximum absolute atomic E-state index is 2.61. The Hall–Kier alpha value is -9.44. The number of rotatable bonds is 7. The number of hydrogen-bond donors (Lipinski definition) is 0. The number of nitrogens with zero attached hydrogens (tertiary/aromatic N) is 2. The molecule has 13 aromatic carbocycles. The molecule has 0 spiro atoms. The van der Waals surface area contributed by atoms with Crippen LogP contribution in [0.15, 0.2) is 255 Å². The topological polar surface area (TPSA) is 6.48 Å². The summed E-state index contributed by atoms with van der Waals surface area (Å²) in [6.45, 7) is 20.8. The minimum atomic E-state index is -0.107. The SMILES string of the molecule is CC(C)(C)c1ccc(-c2cc3c4c(c2)N(c2ccc(-c5ccccc5)cc2)c2cc(-c5cc6cc(C(C)(C)C)cc7ccc8cc(C(C)(C)C)cc5c8c76)ccc2B4c2cc(-c4ccccc4)ccc2N3c2ccc(-c3ccccc3)cc2)cc1. The molecule has 0 N–H and O–H groups in total. The number of anilines is 6. The van der Waals surface area contributed by atoms with Crippen molar-refractivity contribution in [3.05, 3.63) is 271 Å². The summed E-state index contributed by atoms with van der Waals surface area (Å²) in [7, 11) is 0. The Kier molecular flexibility index (Phi) is 12.1. The summed E-state index contributed by atoms with van der Waals surface area (Å²) in [6, 6.07) is 97.1. The van der Waals surface area contributed by atoms with Gasteiger partial charge in [0.05, 0.1) is 0 Å². The minimum absolute atomic E-state index is 0.0137. The van der Waals surface area contributed by atoms with Gasteiger partial charge in [-0.15, -0.1) is 0 Å². The van der Waals surface area contributed by atoms with Crippen molar-refractivity contribution in [2.24, 2.45) is 0 Å². The van der Waals surface area contributed by atoms with Gasteiger partial charge >= 0.3 is 0 Å². The summed E-state index contributed by atoms with van der Waals surface area (Å²) in [4.78, 5) is 5.16. The molecular formula is C82H69BN2. The van der Waals surface area contributed by atoms with Crippen molar-refractivity contribution >= 4 is 89.5 Å². The van der Waals surface area contributed by atoms with E-state index in [2.05, 4.69) is 327 Å². The van der Waals surface area contributed by atoms with Crippen molar-refractivity contribution in [1.82, 2.24) is 0 Å². The van der Waals surface area contributed by atoms with Crippen LogP contribution in [0.3, 0.4) is 0 Å². The molecule has 0 saturated carbocycles. The molecule has 410 valence electrons. The molecule has 0 radical (unpaired) electrons. The monoisotopic (exact) mass is 1090 g/mol. The Bertz CT molecular complexity index is 4710. The molecular weight excluding hydrogens is 1020 g/mol. The van der Waals surface area contributed by atoms with E-state index in [9.17, 15) is 0 Å². The average Bonchev–Trinajstić information content (AvgIpc) is 0.770. The largest absolute Gasteiger partial charge is 0.311 e. The van der Waals surface area contributed by atoms with E-state index in [-0.39, 0.29) is 23.0 Å². The van der Waals surface area contributed by atoms with E-state index in [0.717, 1.165) is 11.4 Å². The fourth-order valence-electron chi connectivity index (χ4n) is 13.8. The van der Waals surface area contributed by atoms with Crippen LogP contribution in [0.5, 0.6) is 0 Å². The molecule has 0 fully saturated rings. The van der Waals surface area contributed by atoms with Crippen LogP contribution in [0.1, 0.15) is 79.0 Å². The number of benzene rings is 13. The van der Waals surface area contributed by atoms with Crippen LogP contribution in [0.25, 0.3) is 88.0 Å². The lowest BCUT2D eigenvalue weighted by molar-refractivity contribution is 0.590. The van der Waals surface area contributed by atoms with E-state index in [1.54, 1.807) is 0 Å². The normalized spacial score (nSPS) is 13.2. The fraction of sp³-hybridized carbons (Fsp3) is 0.146. The molecule has 15 rings (SSSR count). The highest BCUT2D eigenvalue weighted by Gasteiger charge is 2.44. The maximum atomic E-state index is 2.61. The molecule has 0 aromatic heterocycles. The van der Waals surface area contributed by atoms with Gasteiger partial charge in [-0.05, 0) is 198 Å². The number of fused-ring (bicyclic) bond motifs is 4. The number of hydrogen-bond acceptors (Lipinski definition) is 2. The lowest BCUT2D eigenvalue weighted by Gasteiger charge is -2.44. The van der Waals surface area contributed by atoms with Crippen molar-refractivity contribution in [2.75, 3.05) is 9.80 Å². The molecule has 2 nitrogen and oxygen atoms in total. The lowest BCUT2D eigenvalue weighted by Crippen LogP contribution is -2.61. The van der Waals surface area contributed by atoms with Gasteiger partial charge in [-0.1, -0.05) is 256 Å². The highest BCUT2D eigenvalue weighted by molar-refractivity contribution is 7.00. The van der Waals surface area contributed by atoms with Crippen LogP contribution in [0.2, 0.25) is 0 Å². The third-order valence-electron chi connectivity index (χ3n) is 18.4. The van der Waals surface area contributed by atoms with Crippen LogP contribution in [0.4, 0.5) is 34.1 Å². The molecule has 0 aliphatic carbocycles. The van der Waals surface area contributed by atoms with Crippen LogP contribution in [0, 0.1) is 0 Å². The summed E-state index contributed by atoms with van der Waals surface area (Å²) in [5.74, 6) is 0. The Labute approximate surface area is 502 Å². The van der Waals surface area contributed by atoms with Crippen LogP contribution < -0.4 is 26.2 Å². The summed E-state index contributed by atoms with van der Waals surface area (Å²) < 4.78 is 0. The van der Waals surface area contributed by atoms with Crippen LogP contribution in [-0.4, -0.2) is 6.71 Å². The lowest BCUT2D eigenvalue weighted by atomic mass is 9.33. The first-order valence-corrected chi connectivity index (χ1v) is 30.3. The second-order valence-corrected chi connectivity index (χ2v) is 27.0. The highest BCUT2D eigenvalue weighted by atomic mass is 15.2. The predicted molar refractivity (Wildman–Crippen MR) is 367 cm³/mol. The van der Waals surface area contributed by atoms with Gasteiger partial charge in [-0.3, -0.25) is 0 Å². The van der Waals surface area contributed by atoms with Gasteiger partial charge in [-0.2, -0.15) is 0 Å². The standard InChI is InChI=1S/C82H69BN2/c1-80(2,3)64-35-27-57(28-36-64)62-49-75-79-76(50-62)85(68-39-31-56(32-40-68)53-21-15-11-16-22-53)74-48-59(69-46-63-45-65(81(4,5)6)43-60-25-26-61-44-66(82(7,8)9)51-70(69)78(61)77(60)63)33-41-71(74)83(79)72-47-58(54-23-17-12-18-24-54)34-42-73(72)84(75)67-37-29-55(30-38-67)52-19-13-10-14-20-52/h10-51H,1-9H3. The van der Waals surface area contributed by atoms with Gasteiger partial charge in [0, 0.05) is 34.1 Å².